The molecule has 0 spiro atoms. The van der Waals surface area contributed by atoms with E-state index >= 15 is 0 Å². The summed E-state index contributed by atoms with van der Waals surface area (Å²) in [4.78, 5) is 35.7. The number of amides is 1. The lowest BCUT2D eigenvalue weighted by atomic mass is 10.1. The van der Waals surface area contributed by atoms with Crippen molar-refractivity contribution in [3.05, 3.63) is 111 Å². The number of nitrogens with zero attached hydrogens (tertiary/aromatic N) is 2. The Kier molecular flexibility index (Phi) is 6.50. The second-order valence-corrected chi connectivity index (χ2v) is 7.66. The van der Waals surface area contributed by atoms with Gasteiger partial charge in [0.15, 0.2) is 0 Å². The molecular weight excluding hydrogens is 450 g/mol. The molecule has 1 amide bonds. The molecule has 4 aromatic carbocycles. The van der Waals surface area contributed by atoms with E-state index in [2.05, 4.69) is 10.5 Å². The normalized spacial score (nSPS) is 10.9. The van der Waals surface area contributed by atoms with Gasteiger partial charge in [-0.1, -0.05) is 42.0 Å². The van der Waals surface area contributed by atoms with Crippen molar-refractivity contribution in [3.63, 3.8) is 0 Å². The van der Waals surface area contributed by atoms with Crippen LogP contribution < -0.4 is 10.2 Å². The molecule has 0 aromatic heterocycles. The first-order valence-corrected chi connectivity index (χ1v) is 10.4. The summed E-state index contributed by atoms with van der Waals surface area (Å²) < 4.78 is 5.23. The molecule has 0 aliphatic rings. The van der Waals surface area contributed by atoms with E-state index in [0.29, 0.717) is 0 Å². The number of phenolic OH excluding ortho intramolecular Hbond substituents is 1. The van der Waals surface area contributed by atoms with E-state index in [1.807, 2.05) is 31.2 Å². The molecule has 9 heteroatoms. The van der Waals surface area contributed by atoms with Crippen LogP contribution in [-0.4, -0.2) is 28.1 Å². The quantitative estimate of drug-likeness (QED) is 0.138. The third-order valence-electron chi connectivity index (χ3n) is 5.12. The molecule has 0 unspecified atom stereocenters. The lowest BCUT2D eigenvalue weighted by molar-refractivity contribution is -0.385. The van der Waals surface area contributed by atoms with Crippen LogP contribution in [0.25, 0.3) is 10.8 Å². The van der Waals surface area contributed by atoms with Crippen LogP contribution >= 0.6 is 0 Å². The summed E-state index contributed by atoms with van der Waals surface area (Å²) in [6.45, 7) is 1.81. The Hall–Kier alpha value is -5.05. The Labute approximate surface area is 199 Å². The number of ether oxygens (including phenoxy) is 1. The molecule has 174 valence electrons. The van der Waals surface area contributed by atoms with E-state index in [1.54, 1.807) is 24.3 Å². The maximum atomic E-state index is 12.5. The molecule has 0 bridgehead atoms. The number of nitrogens with one attached hydrogen (secondary N) is 1. The smallest absolute Gasteiger partial charge is 0.343 e. The van der Waals surface area contributed by atoms with Crippen molar-refractivity contribution in [2.75, 3.05) is 0 Å². The molecule has 0 saturated heterocycles. The van der Waals surface area contributed by atoms with Crippen molar-refractivity contribution < 1.29 is 24.4 Å². The molecule has 0 heterocycles. The summed E-state index contributed by atoms with van der Waals surface area (Å²) >= 11 is 0. The highest BCUT2D eigenvalue weighted by Gasteiger charge is 2.20. The van der Waals surface area contributed by atoms with Crippen molar-refractivity contribution in [2.45, 2.75) is 6.92 Å². The van der Waals surface area contributed by atoms with Crippen LogP contribution in [-0.2, 0) is 0 Å². The lowest BCUT2D eigenvalue weighted by Gasteiger charge is -2.07. The lowest BCUT2D eigenvalue weighted by Crippen LogP contribution is -2.17. The minimum absolute atomic E-state index is 0.0326. The average Bonchev–Trinajstić information content (AvgIpc) is 2.84. The predicted octanol–water partition coefficient (Wildman–Crippen LogP) is 4.75. The summed E-state index contributed by atoms with van der Waals surface area (Å²) in [6.07, 6.45) is 1.20. The first kappa shape index (κ1) is 23.1. The first-order chi connectivity index (χ1) is 16.8. The fourth-order valence-corrected chi connectivity index (χ4v) is 3.41. The third-order valence-corrected chi connectivity index (χ3v) is 5.12. The number of carbonyl (C=O) groups is 2. The Morgan fingerprint density at radius 1 is 1.00 bits per heavy atom. The van der Waals surface area contributed by atoms with Crippen LogP contribution in [0.2, 0.25) is 0 Å². The summed E-state index contributed by atoms with van der Waals surface area (Å²) in [7, 11) is 0. The van der Waals surface area contributed by atoms with Gasteiger partial charge in [-0.2, -0.15) is 5.10 Å². The maximum absolute atomic E-state index is 12.5. The van der Waals surface area contributed by atoms with E-state index in [0.717, 1.165) is 16.3 Å². The van der Waals surface area contributed by atoms with Gasteiger partial charge in [0.2, 0.25) is 5.75 Å². The van der Waals surface area contributed by atoms with Gasteiger partial charge in [0.1, 0.15) is 5.75 Å². The largest absolute Gasteiger partial charge is 0.507 e. The van der Waals surface area contributed by atoms with Crippen molar-refractivity contribution in [2.24, 2.45) is 5.10 Å². The Morgan fingerprint density at radius 2 is 1.74 bits per heavy atom. The van der Waals surface area contributed by atoms with Crippen LogP contribution in [0.15, 0.2) is 84.0 Å². The highest BCUT2D eigenvalue weighted by atomic mass is 16.6. The molecular formula is C26H19N3O6. The minimum atomic E-state index is -0.722. The zero-order valence-electron chi connectivity index (χ0n) is 18.5. The Morgan fingerprint density at radius 3 is 2.46 bits per heavy atom. The SMILES string of the molecule is Cc1cccc(C(=O)Oc2ccc(C=NNC(=O)c3cc4ccccc4cc3O)cc2[N+](=O)[O-])c1. The van der Waals surface area contributed by atoms with Gasteiger partial charge in [-0.05, 0) is 54.1 Å². The first-order valence-electron chi connectivity index (χ1n) is 10.4. The second-order valence-electron chi connectivity index (χ2n) is 7.66. The highest BCUT2D eigenvalue weighted by Crippen LogP contribution is 2.29. The van der Waals surface area contributed by atoms with E-state index in [-0.39, 0.29) is 28.2 Å². The Balaban J connectivity index is 1.49. The van der Waals surface area contributed by atoms with Crippen LogP contribution in [0.5, 0.6) is 11.5 Å². The van der Waals surface area contributed by atoms with E-state index in [4.69, 9.17) is 4.74 Å². The number of hydrazone groups is 1. The van der Waals surface area contributed by atoms with Gasteiger partial charge < -0.3 is 9.84 Å². The number of phenols is 1. The number of rotatable bonds is 6. The monoisotopic (exact) mass is 469 g/mol. The van der Waals surface area contributed by atoms with E-state index in [9.17, 15) is 24.8 Å². The number of esters is 1. The van der Waals surface area contributed by atoms with Crippen molar-refractivity contribution >= 4 is 34.6 Å². The molecule has 0 aliphatic heterocycles. The number of nitro benzene ring substituents is 1. The van der Waals surface area contributed by atoms with Crippen LogP contribution in [0.3, 0.4) is 0 Å². The number of benzene rings is 4. The van der Waals surface area contributed by atoms with Crippen LogP contribution in [0.1, 0.15) is 31.8 Å². The number of nitro groups is 1. The molecule has 0 saturated carbocycles. The molecule has 0 radical (unpaired) electrons. The average molecular weight is 469 g/mol. The second kappa shape index (κ2) is 9.84. The van der Waals surface area contributed by atoms with Gasteiger partial charge in [-0.15, -0.1) is 0 Å². The summed E-state index contributed by atoms with van der Waals surface area (Å²) in [5.74, 6) is -1.79. The number of fused-ring (bicyclic) bond motifs is 1. The standard InChI is InChI=1S/C26H19N3O6/c1-16-5-4-8-20(11-16)26(32)35-24-10-9-17(12-22(24)29(33)34)15-27-28-25(31)21-13-18-6-2-3-7-19(18)14-23(21)30/h2-15,30H,1H3,(H,28,31). The zero-order valence-corrected chi connectivity index (χ0v) is 18.5. The van der Waals surface area contributed by atoms with Gasteiger partial charge in [0, 0.05) is 11.6 Å². The van der Waals surface area contributed by atoms with Gasteiger partial charge >= 0.3 is 11.7 Å². The number of aryl methyl sites for hydroxylation is 1. The van der Waals surface area contributed by atoms with Crippen LogP contribution in [0, 0.1) is 17.0 Å². The number of hydrogen-bond donors (Lipinski definition) is 2. The van der Waals surface area contributed by atoms with Crippen molar-refractivity contribution in [3.8, 4) is 11.5 Å². The third kappa shape index (κ3) is 5.31. The topological polar surface area (TPSA) is 131 Å². The zero-order chi connectivity index (χ0) is 24.9. The summed E-state index contributed by atoms with van der Waals surface area (Å²) in [5.41, 5.74) is 3.29. The van der Waals surface area contributed by atoms with Gasteiger partial charge in [-0.3, -0.25) is 14.9 Å². The van der Waals surface area contributed by atoms with Crippen molar-refractivity contribution in [1.29, 1.82) is 0 Å². The molecule has 4 rings (SSSR count). The molecule has 0 atom stereocenters. The summed E-state index contributed by atoms with van der Waals surface area (Å²) in [5, 5.41) is 27.1. The number of hydrogen-bond acceptors (Lipinski definition) is 7. The molecule has 0 aliphatic carbocycles. The fraction of sp³-hybridized carbons (Fsp3) is 0.0385. The molecule has 0 fully saturated rings. The van der Waals surface area contributed by atoms with E-state index in [1.165, 1.54) is 36.5 Å². The molecule has 35 heavy (non-hydrogen) atoms. The van der Waals surface area contributed by atoms with E-state index < -0.39 is 22.5 Å². The molecule has 9 nitrogen and oxygen atoms in total. The number of carbonyl (C=O) groups excluding carboxylic acids is 2. The van der Waals surface area contributed by atoms with Gasteiger partial charge in [-0.25, -0.2) is 10.2 Å². The predicted molar refractivity (Wildman–Crippen MR) is 130 cm³/mol. The highest BCUT2D eigenvalue weighted by molar-refractivity contribution is 6.01. The number of aromatic hydroxyl groups is 1. The summed E-state index contributed by atoms with van der Waals surface area (Å²) in [6, 6.07) is 20.8. The molecule has 2 N–H and O–H groups in total. The fourth-order valence-electron chi connectivity index (χ4n) is 3.41. The van der Waals surface area contributed by atoms with Gasteiger partial charge in [0.05, 0.1) is 22.3 Å². The van der Waals surface area contributed by atoms with Gasteiger partial charge in [0.25, 0.3) is 5.91 Å². The maximum Gasteiger partial charge on any atom is 0.343 e. The molecule has 4 aromatic rings. The Bertz CT molecular complexity index is 1500. The van der Waals surface area contributed by atoms with Crippen LogP contribution in [0.4, 0.5) is 5.69 Å². The minimum Gasteiger partial charge on any atom is -0.507 e. The van der Waals surface area contributed by atoms with Crippen molar-refractivity contribution in [1.82, 2.24) is 5.43 Å².